The zero-order valence-electron chi connectivity index (χ0n) is 13.5. The highest BCUT2D eigenvalue weighted by Gasteiger charge is 2.17. The number of amides is 1. The SMILES string of the molecule is C[C@H](NC(=O)COC(=O)c1ccc(O)cc1)c1ccc2c(c1)OCO2. The van der Waals surface area contributed by atoms with E-state index >= 15 is 0 Å². The molecule has 2 N–H and O–H groups in total. The van der Waals surface area contributed by atoms with Crippen LogP contribution in [0.4, 0.5) is 0 Å². The molecule has 0 radical (unpaired) electrons. The van der Waals surface area contributed by atoms with Crippen molar-refractivity contribution in [2.24, 2.45) is 0 Å². The van der Waals surface area contributed by atoms with Crippen LogP contribution in [-0.4, -0.2) is 30.4 Å². The number of rotatable bonds is 5. The Hall–Kier alpha value is -3.22. The smallest absolute Gasteiger partial charge is 0.338 e. The molecule has 0 saturated heterocycles. The van der Waals surface area contributed by atoms with Crippen molar-refractivity contribution in [3.05, 3.63) is 53.6 Å². The van der Waals surface area contributed by atoms with Gasteiger partial charge in [-0.2, -0.15) is 0 Å². The molecule has 130 valence electrons. The van der Waals surface area contributed by atoms with Crippen LogP contribution in [0, 0.1) is 0 Å². The second-order valence-corrected chi connectivity index (χ2v) is 5.52. The van der Waals surface area contributed by atoms with Gasteiger partial charge in [-0.25, -0.2) is 4.79 Å². The maximum atomic E-state index is 12.0. The topological polar surface area (TPSA) is 94.1 Å². The molecule has 0 bridgehead atoms. The summed E-state index contributed by atoms with van der Waals surface area (Å²) in [6.07, 6.45) is 0. The Balaban J connectivity index is 1.52. The highest BCUT2D eigenvalue weighted by atomic mass is 16.7. The van der Waals surface area contributed by atoms with Crippen molar-refractivity contribution in [3.8, 4) is 17.2 Å². The monoisotopic (exact) mass is 343 g/mol. The Bertz CT molecular complexity index is 787. The van der Waals surface area contributed by atoms with E-state index in [1.165, 1.54) is 24.3 Å². The van der Waals surface area contributed by atoms with Crippen LogP contribution in [-0.2, 0) is 9.53 Å². The molecule has 1 heterocycles. The zero-order valence-corrected chi connectivity index (χ0v) is 13.5. The number of nitrogens with one attached hydrogen (secondary N) is 1. The van der Waals surface area contributed by atoms with E-state index in [-0.39, 0.29) is 24.1 Å². The maximum Gasteiger partial charge on any atom is 0.338 e. The summed E-state index contributed by atoms with van der Waals surface area (Å²) in [6.45, 7) is 1.61. The third kappa shape index (κ3) is 4.00. The molecule has 0 saturated carbocycles. The average molecular weight is 343 g/mol. The Morgan fingerprint density at radius 3 is 2.64 bits per heavy atom. The van der Waals surface area contributed by atoms with Gasteiger partial charge in [0.25, 0.3) is 5.91 Å². The fourth-order valence-electron chi connectivity index (χ4n) is 2.36. The van der Waals surface area contributed by atoms with Crippen LogP contribution in [0.5, 0.6) is 17.2 Å². The minimum Gasteiger partial charge on any atom is -0.508 e. The third-order valence-electron chi connectivity index (χ3n) is 3.71. The average Bonchev–Trinajstić information content (AvgIpc) is 3.08. The summed E-state index contributed by atoms with van der Waals surface area (Å²) in [6, 6.07) is 10.7. The Labute approximate surface area is 144 Å². The van der Waals surface area contributed by atoms with E-state index in [2.05, 4.69) is 5.32 Å². The quantitative estimate of drug-likeness (QED) is 0.808. The molecule has 25 heavy (non-hydrogen) atoms. The molecule has 0 spiro atoms. The lowest BCUT2D eigenvalue weighted by molar-refractivity contribution is -0.124. The van der Waals surface area contributed by atoms with Crippen molar-refractivity contribution < 1.29 is 28.9 Å². The van der Waals surface area contributed by atoms with Crippen LogP contribution in [0.2, 0.25) is 0 Å². The van der Waals surface area contributed by atoms with Gasteiger partial charge in [-0.1, -0.05) is 6.07 Å². The summed E-state index contributed by atoms with van der Waals surface area (Å²) < 4.78 is 15.5. The van der Waals surface area contributed by atoms with E-state index < -0.39 is 18.5 Å². The molecule has 2 aromatic carbocycles. The number of esters is 1. The van der Waals surface area contributed by atoms with Gasteiger partial charge in [0.05, 0.1) is 11.6 Å². The Morgan fingerprint density at radius 2 is 1.88 bits per heavy atom. The van der Waals surface area contributed by atoms with Crippen LogP contribution >= 0.6 is 0 Å². The fourth-order valence-corrected chi connectivity index (χ4v) is 2.36. The van der Waals surface area contributed by atoms with E-state index in [1.807, 2.05) is 13.0 Å². The molecule has 1 aliphatic rings. The lowest BCUT2D eigenvalue weighted by Crippen LogP contribution is -2.31. The lowest BCUT2D eigenvalue weighted by Gasteiger charge is -2.15. The Morgan fingerprint density at radius 1 is 1.16 bits per heavy atom. The van der Waals surface area contributed by atoms with E-state index in [4.69, 9.17) is 14.2 Å². The van der Waals surface area contributed by atoms with E-state index in [9.17, 15) is 14.7 Å². The van der Waals surface area contributed by atoms with Gasteiger partial charge in [0.15, 0.2) is 18.1 Å². The standard InChI is InChI=1S/C18H17NO6/c1-11(13-4-7-15-16(8-13)25-10-24-15)19-17(21)9-23-18(22)12-2-5-14(20)6-3-12/h2-8,11,20H,9-10H2,1H3,(H,19,21)/t11-/m0/s1. The maximum absolute atomic E-state index is 12.0. The van der Waals surface area contributed by atoms with E-state index in [0.717, 1.165) is 5.56 Å². The number of hydrogen-bond donors (Lipinski definition) is 2. The molecule has 1 atom stereocenters. The van der Waals surface area contributed by atoms with Crippen molar-refractivity contribution in [2.75, 3.05) is 13.4 Å². The zero-order chi connectivity index (χ0) is 17.8. The molecule has 7 heteroatoms. The highest BCUT2D eigenvalue weighted by molar-refractivity contribution is 5.91. The van der Waals surface area contributed by atoms with Gasteiger partial charge >= 0.3 is 5.97 Å². The minimum atomic E-state index is -0.633. The Kier molecular flexibility index (Phi) is 4.74. The van der Waals surface area contributed by atoms with E-state index in [1.54, 1.807) is 12.1 Å². The van der Waals surface area contributed by atoms with Crippen LogP contribution in [0.3, 0.4) is 0 Å². The van der Waals surface area contributed by atoms with Crippen molar-refractivity contribution >= 4 is 11.9 Å². The summed E-state index contributed by atoms with van der Waals surface area (Å²) in [5, 5.41) is 11.9. The van der Waals surface area contributed by atoms with Gasteiger partial charge in [0, 0.05) is 0 Å². The number of ether oxygens (including phenoxy) is 3. The summed E-state index contributed by atoms with van der Waals surface area (Å²) in [5.74, 6) is 0.303. The normalized spacial score (nSPS) is 13.2. The van der Waals surface area contributed by atoms with Gasteiger partial charge < -0.3 is 24.6 Å². The lowest BCUT2D eigenvalue weighted by atomic mass is 10.1. The summed E-state index contributed by atoms with van der Waals surface area (Å²) in [7, 11) is 0. The minimum absolute atomic E-state index is 0.0480. The van der Waals surface area contributed by atoms with Gasteiger partial charge in [-0.3, -0.25) is 4.79 Å². The molecule has 2 aromatic rings. The molecule has 1 amide bonds. The second-order valence-electron chi connectivity index (χ2n) is 5.52. The first kappa shape index (κ1) is 16.6. The van der Waals surface area contributed by atoms with Crippen LogP contribution in [0.15, 0.2) is 42.5 Å². The molecule has 0 aliphatic carbocycles. The van der Waals surface area contributed by atoms with Crippen molar-refractivity contribution in [1.82, 2.24) is 5.32 Å². The number of benzene rings is 2. The molecule has 3 rings (SSSR count). The largest absolute Gasteiger partial charge is 0.508 e. The molecular weight excluding hydrogens is 326 g/mol. The first-order valence-electron chi connectivity index (χ1n) is 7.68. The van der Waals surface area contributed by atoms with Gasteiger partial charge in [0.2, 0.25) is 6.79 Å². The third-order valence-corrected chi connectivity index (χ3v) is 3.71. The van der Waals surface area contributed by atoms with Crippen LogP contribution < -0.4 is 14.8 Å². The van der Waals surface area contributed by atoms with Gasteiger partial charge in [-0.05, 0) is 48.9 Å². The van der Waals surface area contributed by atoms with Crippen LogP contribution in [0.25, 0.3) is 0 Å². The first-order valence-corrected chi connectivity index (χ1v) is 7.68. The van der Waals surface area contributed by atoms with Crippen molar-refractivity contribution in [3.63, 3.8) is 0 Å². The number of aromatic hydroxyl groups is 1. The van der Waals surface area contributed by atoms with Crippen molar-refractivity contribution in [2.45, 2.75) is 13.0 Å². The molecule has 0 unspecified atom stereocenters. The predicted molar refractivity (Wildman–Crippen MR) is 87.5 cm³/mol. The van der Waals surface area contributed by atoms with Gasteiger partial charge in [-0.15, -0.1) is 0 Å². The number of phenols is 1. The first-order chi connectivity index (χ1) is 12.0. The van der Waals surface area contributed by atoms with E-state index in [0.29, 0.717) is 11.5 Å². The summed E-state index contributed by atoms with van der Waals surface area (Å²) in [5.41, 5.74) is 1.11. The van der Waals surface area contributed by atoms with Crippen LogP contribution in [0.1, 0.15) is 28.9 Å². The molecule has 7 nitrogen and oxygen atoms in total. The summed E-state index contributed by atoms with van der Waals surface area (Å²) >= 11 is 0. The van der Waals surface area contributed by atoms with Crippen molar-refractivity contribution in [1.29, 1.82) is 0 Å². The highest BCUT2D eigenvalue weighted by Crippen LogP contribution is 2.34. The predicted octanol–water partition coefficient (Wildman–Crippen LogP) is 2.16. The second kappa shape index (κ2) is 7.12. The number of phenolic OH excluding ortho intramolecular Hbond substituents is 1. The summed E-state index contributed by atoms with van der Waals surface area (Å²) in [4.78, 5) is 23.8. The molecular formula is C18H17NO6. The fraction of sp³-hybridized carbons (Fsp3) is 0.222. The number of carbonyl (C=O) groups is 2. The molecule has 1 aliphatic heterocycles. The number of hydrogen-bond acceptors (Lipinski definition) is 6. The molecule has 0 aromatic heterocycles. The number of fused-ring (bicyclic) bond motifs is 1. The van der Waals surface area contributed by atoms with Gasteiger partial charge in [0.1, 0.15) is 5.75 Å². The number of carbonyl (C=O) groups excluding carboxylic acids is 2. The molecule has 0 fully saturated rings.